The Morgan fingerprint density at radius 3 is 2.88 bits per heavy atom. The standard InChI is InChI=1S/C16H22N4O4/c17-8-7-15(21)18-11-14-5-1-2-9-19(14)16(22)12-4-3-6-13(10-12)20(23)24/h3-4,6,10,14H,1-2,5,7-9,11,17H2,(H,18,21). The van der Waals surface area contributed by atoms with Crippen LogP contribution in [0.15, 0.2) is 24.3 Å². The van der Waals surface area contributed by atoms with Gasteiger partial charge in [0, 0.05) is 49.8 Å². The first-order valence-electron chi connectivity index (χ1n) is 8.05. The fourth-order valence-electron chi connectivity index (χ4n) is 2.85. The average molecular weight is 334 g/mol. The molecule has 1 saturated heterocycles. The normalized spacial score (nSPS) is 17.4. The van der Waals surface area contributed by atoms with Gasteiger partial charge in [-0.3, -0.25) is 19.7 Å². The third kappa shape index (κ3) is 4.51. The van der Waals surface area contributed by atoms with Crippen LogP contribution in [0.5, 0.6) is 0 Å². The van der Waals surface area contributed by atoms with Crippen LogP contribution in [0.4, 0.5) is 5.69 Å². The molecule has 24 heavy (non-hydrogen) atoms. The molecule has 3 N–H and O–H groups in total. The lowest BCUT2D eigenvalue weighted by atomic mass is 10.0. The molecule has 1 aliphatic rings. The number of carbonyl (C=O) groups is 2. The summed E-state index contributed by atoms with van der Waals surface area (Å²) in [5.74, 6) is -0.373. The first-order chi connectivity index (χ1) is 11.5. The van der Waals surface area contributed by atoms with Gasteiger partial charge in [-0.05, 0) is 25.3 Å². The second-order valence-electron chi connectivity index (χ2n) is 5.80. The van der Waals surface area contributed by atoms with E-state index in [1.165, 1.54) is 18.2 Å². The number of nitro benzene ring substituents is 1. The van der Waals surface area contributed by atoms with Gasteiger partial charge in [0.1, 0.15) is 0 Å². The number of hydrogen-bond acceptors (Lipinski definition) is 5. The zero-order valence-corrected chi connectivity index (χ0v) is 13.4. The predicted octanol–water partition coefficient (Wildman–Crippen LogP) is 1.05. The summed E-state index contributed by atoms with van der Waals surface area (Å²) >= 11 is 0. The van der Waals surface area contributed by atoms with Gasteiger partial charge >= 0.3 is 0 Å². The Morgan fingerprint density at radius 2 is 2.17 bits per heavy atom. The lowest BCUT2D eigenvalue weighted by molar-refractivity contribution is -0.384. The van der Waals surface area contributed by atoms with E-state index >= 15 is 0 Å². The highest BCUT2D eigenvalue weighted by molar-refractivity contribution is 5.95. The molecule has 1 heterocycles. The summed E-state index contributed by atoms with van der Waals surface area (Å²) in [6.07, 6.45) is 2.92. The lowest BCUT2D eigenvalue weighted by Crippen LogP contribution is -2.49. The van der Waals surface area contributed by atoms with Gasteiger partial charge in [0.15, 0.2) is 0 Å². The van der Waals surface area contributed by atoms with E-state index < -0.39 is 4.92 Å². The molecule has 0 bridgehead atoms. The van der Waals surface area contributed by atoms with Gasteiger partial charge in [-0.2, -0.15) is 0 Å². The highest BCUT2D eigenvalue weighted by Gasteiger charge is 2.28. The number of amides is 2. The molecule has 0 spiro atoms. The molecule has 1 unspecified atom stereocenters. The van der Waals surface area contributed by atoms with Crippen molar-refractivity contribution in [2.24, 2.45) is 5.73 Å². The number of carbonyl (C=O) groups excluding carboxylic acids is 2. The number of likely N-dealkylation sites (tertiary alicyclic amines) is 1. The van der Waals surface area contributed by atoms with Crippen molar-refractivity contribution in [2.75, 3.05) is 19.6 Å². The van der Waals surface area contributed by atoms with Gasteiger partial charge in [0.25, 0.3) is 11.6 Å². The number of nitrogens with two attached hydrogens (primary N) is 1. The van der Waals surface area contributed by atoms with Crippen molar-refractivity contribution in [3.05, 3.63) is 39.9 Å². The minimum atomic E-state index is -0.516. The van der Waals surface area contributed by atoms with Crippen LogP contribution in [-0.2, 0) is 4.79 Å². The Morgan fingerprint density at radius 1 is 1.38 bits per heavy atom. The van der Waals surface area contributed by atoms with Crippen LogP contribution in [0.1, 0.15) is 36.0 Å². The first-order valence-corrected chi connectivity index (χ1v) is 8.05. The number of piperidine rings is 1. The molecule has 1 aliphatic heterocycles. The molecule has 0 aromatic heterocycles. The summed E-state index contributed by atoms with van der Waals surface area (Å²) in [5, 5.41) is 13.7. The van der Waals surface area contributed by atoms with Crippen molar-refractivity contribution < 1.29 is 14.5 Å². The molecule has 1 aromatic carbocycles. The van der Waals surface area contributed by atoms with E-state index in [-0.39, 0.29) is 36.5 Å². The van der Waals surface area contributed by atoms with E-state index in [1.54, 1.807) is 11.0 Å². The summed E-state index contributed by atoms with van der Waals surface area (Å²) in [5.41, 5.74) is 5.54. The fraction of sp³-hybridized carbons (Fsp3) is 0.500. The van der Waals surface area contributed by atoms with Crippen LogP contribution in [0.2, 0.25) is 0 Å². The van der Waals surface area contributed by atoms with Gasteiger partial charge in [-0.15, -0.1) is 0 Å². The van der Waals surface area contributed by atoms with E-state index in [0.29, 0.717) is 18.7 Å². The van der Waals surface area contributed by atoms with Crippen LogP contribution in [0.3, 0.4) is 0 Å². The number of non-ortho nitro benzene ring substituents is 1. The number of hydrogen-bond donors (Lipinski definition) is 2. The fourth-order valence-corrected chi connectivity index (χ4v) is 2.85. The van der Waals surface area contributed by atoms with Crippen molar-refractivity contribution in [1.82, 2.24) is 10.2 Å². The topological polar surface area (TPSA) is 119 Å². The monoisotopic (exact) mass is 334 g/mol. The molecule has 130 valence electrons. The van der Waals surface area contributed by atoms with E-state index in [0.717, 1.165) is 19.3 Å². The van der Waals surface area contributed by atoms with Gasteiger partial charge in [0.2, 0.25) is 5.91 Å². The minimum absolute atomic E-state index is 0.104. The molecule has 1 aromatic rings. The highest BCUT2D eigenvalue weighted by atomic mass is 16.6. The molecule has 1 atom stereocenters. The van der Waals surface area contributed by atoms with Gasteiger partial charge in [-0.1, -0.05) is 6.07 Å². The third-order valence-electron chi connectivity index (χ3n) is 4.10. The molecule has 2 amide bonds. The highest BCUT2D eigenvalue weighted by Crippen LogP contribution is 2.21. The largest absolute Gasteiger partial charge is 0.354 e. The summed E-state index contributed by atoms with van der Waals surface area (Å²) in [6, 6.07) is 5.63. The van der Waals surface area contributed by atoms with Gasteiger partial charge in [0.05, 0.1) is 4.92 Å². The molecule has 0 saturated carbocycles. The summed E-state index contributed by atoms with van der Waals surface area (Å²) in [4.78, 5) is 36.4. The van der Waals surface area contributed by atoms with Crippen LogP contribution < -0.4 is 11.1 Å². The Kier molecular flexibility index (Phi) is 6.25. The molecule has 0 radical (unpaired) electrons. The maximum atomic E-state index is 12.7. The van der Waals surface area contributed by atoms with Crippen LogP contribution >= 0.6 is 0 Å². The quantitative estimate of drug-likeness (QED) is 0.595. The Balaban J connectivity index is 2.08. The number of benzene rings is 1. The van der Waals surface area contributed by atoms with E-state index in [2.05, 4.69) is 5.32 Å². The van der Waals surface area contributed by atoms with Gasteiger partial charge < -0.3 is 16.0 Å². The lowest BCUT2D eigenvalue weighted by Gasteiger charge is -2.36. The molecule has 2 rings (SSSR count). The molecule has 0 aliphatic carbocycles. The van der Waals surface area contributed by atoms with Crippen LogP contribution in [-0.4, -0.2) is 47.3 Å². The predicted molar refractivity (Wildman–Crippen MR) is 88.5 cm³/mol. The number of rotatable bonds is 6. The van der Waals surface area contributed by atoms with E-state index in [9.17, 15) is 19.7 Å². The Hall–Kier alpha value is -2.48. The van der Waals surface area contributed by atoms with Crippen LogP contribution in [0.25, 0.3) is 0 Å². The molecule has 8 nitrogen and oxygen atoms in total. The third-order valence-corrected chi connectivity index (χ3v) is 4.10. The number of nitrogens with one attached hydrogen (secondary N) is 1. The second kappa shape index (κ2) is 8.39. The molecular formula is C16H22N4O4. The van der Waals surface area contributed by atoms with Gasteiger partial charge in [-0.25, -0.2) is 0 Å². The van der Waals surface area contributed by atoms with Crippen molar-refractivity contribution >= 4 is 17.5 Å². The number of nitro groups is 1. The zero-order valence-electron chi connectivity index (χ0n) is 13.4. The summed E-state index contributed by atoms with van der Waals surface area (Å²) < 4.78 is 0. The van der Waals surface area contributed by atoms with E-state index in [1.807, 2.05) is 0 Å². The second-order valence-corrected chi connectivity index (χ2v) is 5.80. The minimum Gasteiger partial charge on any atom is -0.354 e. The van der Waals surface area contributed by atoms with E-state index in [4.69, 9.17) is 5.73 Å². The van der Waals surface area contributed by atoms with Crippen molar-refractivity contribution in [1.29, 1.82) is 0 Å². The van der Waals surface area contributed by atoms with Crippen molar-refractivity contribution in [2.45, 2.75) is 31.7 Å². The molecular weight excluding hydrogens is 312 g/mol. The first kappa shape index (κ1) is 17.9. The molecule has 1 fully saturated rings. The van der Waals surface area contributed by atoms with Crippen molar-refractivity contribution in [3.8, 4) is 0 Å². The Bertz CT molecular complexity index is 620. The van der Waals surface area contributed by atoms with Crippen molar-refractivity contribution in [3.63, 3.8) is 0 Å². The zero-order chi connectivity index (χ0) is 17.5. The molecule has 8 heteroatoms. The maximum absolute atomic E-state index is 12.7. The van der Waals surface area contributed by atoms with Crippen LogP contribution in [0, 0.1) is 10.1 Å². The average Bonchev–Trinajstić information content (AvgIpc) is 2.60. The Labute approximate surface area is 140 Å². The maximum Gasteiger partial charge on any atom is 0.270 e. The summed E-state index contributed by atoms with van der Waals surface area (Å²) in [7, 11) is 0. The summed E-state index contributed by atoms with van der Waals surface area (Å²) in [6.45, 7) is 1.24. The SMILES string of the molecule is NCCC(=O)NCC1CCCCN1C(=O)c1cccc([N+](=O)[O-])c1. The number of nitrogens with zero attached hydrogens (tertiary/aromatic N) is 2. The smallest absolute Gasteiger partial charge is 0.270 e.